The van der Waals surface area contributed by atoms with E-state index in [0.717, 1.165) is 24.5 Å². The molecule has 2 heteroatoms. The van der Waals surface area contributed by atoms with Gasteiger partial charge < -0.3 is 10.1 Å². The number of ether oxygens (including phenoxy) is 1. The highest BCUT2D eigenvalue weighted by molar-refractivity contribution is 4.84. The van der Waals surface area contributed by atoms with Gasteiger partial charge in [-0.05, 0) is 24.7 Å². The van der Waals surface area contributed by atoms with Gasteiger partial charge in [0, 0.05) is 19.7 Å². The molecule has 0 heterocycles. The van der Waals surface area contributed by atoms with Gasteiger partial charge in [0.25, 0.3) is 0 Å². The summed E-state index contributed by atoms with van der Waals surface area (Å²) in [5, 5.41) is 3.64. The molecule has 2 rings (SSSR count). The van der Waals surface area contributed by atoms with Crippen LogP contribution in [0.3, 0.4) is 0 Å². The van der Waals surface area contributed by atoms with Crippen molar-refractivity contribution >= 4 is 0 Å². The highest BCUT2D eigenvalue weighted by atomic mass is 16.5. The maximum absolute atomic E-state index is 5.33. The van der Waals surface area contributed by atoms with Crippen molar-refractivity contribution in [2.45, 2.75) is 44.6 Å². The first-order valence-electron chi connectivity index (χ1n) is 6.12. The maximum Gasteiger partial charge on any atom is 0.0505 e. The first-order chi connectivity index (χ1) is 6.90. The average molecular weight is 197 g/mol. The van der Waals surface area contributed by atoms with Crippen LogP contribution in [0.5, 0.6) is 0 Å². The van der Waals surface area contributed by atoms with Gasteiger partial charge in [-0.25, -0.2) is 0 Å². The lowest BCUT2D eigenvalue weighted by molar-refractivity contribution is 0.120. The molecule has 2 fully saturated rings. The normalized spacial score (nSPS) is 25.5. The third-order valence-corrected chi connectivity index (χ3v) is 3.69. The van der Waals surface area contributed by atoms with Gasteiger partial charge in [0.05, 0.1) is 6.61 Å². The summed E-state index contributed by atoms with van der Waals surface area (Å²) < 4.78 is 5.33. The highest BCUT2D eigenvalue weighted by Gasteiger charge is 2.27. The highest BCUT2D eigenvalue weighted by Crippen LogP contribution is 2.31. The van der Waals surface area contributed by atoms with Gasteiger partial charge in [0.2, 0.25) is 0 Å². The third kappa shape index (κ3) is 2.96. The van der Waals surface area contributed by atoms with E-state index in [-0.39, 0.29) is 0 Å². The van der Waals surface area contributed by atoms with Crippen LogP contribution in [0.4, 0.5) is 0 Å². The number of nitrogens with one attached hydrogen (secondary N) is 1. The Kier molecular flexibility index (Phi) is 3.82. The van der Waals surface area contributed by atoms with Crippen LogP contribution in [0, 0.1) is 11.8 Å². The molecule has 1 unspecified atom stereocenters. The first kappa shape index (κ1) is 10.4. The Morgan fingerprint density at radius 1 is 1.21 bits per heavy atom. The van der Waals surface area contributed by atoms with Crippen LogP contribution >= 0.6 is 0 Å². The van der Waals surface area contributed by atoms with Crippen molar-refractivity contribution < 1.29 is 4.74 Å². The van der Waals surface area contributed by atoms with Crippen LogP contribution in [0.2, 0.25) is 0 Å². The molecule has 2 aliphatic carbocycles. The zero-order chi connectivity index (χ0) is 9.80. The molecule has 0 radical (unpaired) electrons. The predicted molar refractivity (Wildman–Crippen MR) is 58.3 cm³/mol. The van der Waals surface area contributed by atoms with Crippen LogP contribution in [0.15, 0.2) is 0 Å². The zero-order valence-electron chi connectivity index (χ0n) is 9.30. The van der Waals surface area contributed by atoms with Gasteiger partial charge in [-0.3, -0.25) is 0 Å². The third-order valence-electron chi connectivity index (χ3n) is 3.69. The fraction of sp³-hybridized carbons (Fsp3) is 1.00. The summed E-state index contributed by atoms with van der Waals surface area (Å²) in [7, 11) is 1.83. The van der Waals surface area contributed by atoms with Gasteiger partial charge in [0.1, 0.15) is 0 Å². The summed E-state index contributed by atoms with van der Waals surface area (Å²) in [5.74, 6) is 1.70. The molecule has 82 valence electrons. The Balaban J connectivity index is 1.72. The molecule has 0 bridgehead atoms. The summed E-state index contributed by atoms with van der Waals surface area (Å²) in [6.07, 6.45) is 8.53. The topological polar surface area (TPSA) is 21.3 Å². The molecule has 0 aromatic rings. The van der Waals surface area contributed by atoms with Crippen molar-refractivity contribution in [3.8, 4) is 0 Å². The smallest absolute Gasteiger partial charge is 0.0505 e. The molecule has 1 N–H and O–H groups in total. The SMILES string of the molecule is COCC(CNC1CC1)C1CCCC1. The van der Waals surface area contributed by atoms with E-state index < -0.39 is 0 Å². The minimum absolute atomic E-state index is 0.767. The van der Waals surface area contributed by atoms with E-state index in [0.29, 0.717) is 0 Å². The lowest BCUT2D eigenvalue weighted by Crippen LogP contribution is -2.31. The number of hydrogen-bond acceptors (Lipinski definition) is 2. The van der Waals surface area contributed by atoms with E-state index in [1.165, 1.54) is 45.1 Å². The van der Waals surface area contributed by atoms with Gasteiger partial charge in [0.15, 0.2) is 0 Å². The summed E-state index contributed by atoms with van der Waals surface area (Å²) in [4.78, 5) is 0. The fourth-order valence-corrected chi connectivity index (χ4v) is 2.61. The monoisotopic (exact) mass is 197 g/mol. The van der Waals surface area contributed by atoms with E-state index in [9.17, 15) is 0 Å². The van der Waals surface area contributed by atoms with Gasteiger partial charge in [-0.15, -0.1) is 0 Å². The summed E-state index contributed by atoms with van der Waals surface area (Å²) in [5.41, 5.74) is 0. The average Bonchev–Trinajstić information content (AvgIpc) is 2.86. The van der Waals surface area contributed by atoms with E-state index in [1.54, 1.807) is 0 Å². The van der Waals surface area contributed by atoms with Gasteiger partial charge in [-0.1, -0.05) is 25.7 Å². The number of methoxy groups -OCH3 is 1. The maximum atomic E-state index is 5.33. The molecule has 2 saturated carbocycles. The van der Waals surface area contributed by atoms with Crippen molar-refractivity contribution in [2.24, 2.45) is 11.8 Å². The predicted octanol–water partition coefficient (Wildman–Crippen LogP) is 2.19. The second-order valence-corrected chi connectivity index (χ2v) is 4.94. The van der Waals surface area contributed by atoms with E-state index in [2.05, 4.69) is 5.32 Å². The number of hydrogen-bond donors (Lipinski definition) is 1. The summed E-state index contributed by atoms with van der Waals surface area (Å²) >= 11 is 0. The largest absolute Gasteiger partial charge is 0.384 e. The lowest BCUT2D eigenvalue weighted by atomic mass is 9.91. The molecule has 0 aromatic carbocycles. The minimum Gasteiger partial charge on any atom is -0.384 e. The van der Waals surface area contributed by atoms with Gasteiger partial charge >= 0.3 is 0 Å². The lowest BCUT2D eigenvalue weighted by Gasteiger charge is -2.23. The molecule has 14 heavy (non-hydrogen) atoms. The van der Waals surface area contributed by atoms with Crippen molar-refractivity contribution in [3.63, 3.8) is 0 Å². The standard InChI is InChI=1S/C12H23NO/c1-14-9-11(8-13-12-6-7-12)10-4-2-3-5-10/h10-13H,2-9H2,1H3. The Bertz CT molecular complexity index is 162. The second-order valence-electron chi connectivity index (χ2n) is 4.94. The number of rotatable bonds is 6. The van der Waals surface area contributed by atoms with E-state index >= 15 is 0 Å². The Morgan fingerprint density at radius 2 is 1.93 bits per heavy atom. The zero-order valence-corrected chi connectivity index (χ0v) is 9.30. The van der Waals surface area contributed by atoms with Crippen molar-refractivity contribution in [1.29, 1.82) is 0 Å². The molecular weight excluding hydrogens is 174 g/mol. The quantitative estimate of drug-likeness (QED) is 0.705. The fourth-order valence-electron chi connectivity index (χ4n) is 2.61. The molecule has 0 spiro atoms. The van der Waals surface area contributed by atoms with Crippen LogP contribution in [-0.4, -0.2) is 26.3 Å². The first-order valence-corrected chi connectivity index (χ1v) is 6.12. The molecule has 1 atom stereocenters. The Morgan fingerprint density at radius 3 is 2.50 bits per heavy atom. The molecule has 2 aliphatic rings. The van der Waals surface area contributed by atoms with Crippen LogP contribution in [0.25, 0.3) is 0 Å². The second kappa shape index (κ2) is 5.13. The molecule has 0 aromatic heterocycles. The van der Waals surface area contributed by atoms with Crippen LogP contribution in [0.1, 0.15) is 38.5 Å². The summed E-state index contributed by atoms with van der Waals surface area (Å²) in [6, 6.07) is 0.843. The van der Waals surface area contributed by atoms with Crippen molar-refractivity contribution in [2.75, 3.05) is 20.3 Å². The minimum atomic E-state index is 0.767. The Labute approximate surface area is 87.4 Å². The molecule has 0 aliphatic heterocycles. The molecule has 0 saturated heterocycles. The molecular formula is C12H23NO. The summed E-state index contributed by atoms with van der Waals surface area (Å²) in [6.45, 7) is 2.13. The van der Waals surface area contributed by atoms with E-state index in [4.69, 9.17) is 4.74 Å². The van der Waals surface area contributed by atoms with Crippen molar-refractivity contribution in [1.82, 2.24) is 5.32 Å². The van der Waals surface area contributed by atoms with E-state index in [1.807, 2.05) is 7.11 Å². The van der Waals surface area contributed by atoms with Gasteiger partial charge in [-0.2, -0.15) is 0 Å². The van der Waals surface area contributed by atoms with Crippen LogP contribution < -0.4 is 5.32 Å². The van der Waals surface area contributed by atoms with Crippen LogP contribution in [-0.2, 0) is 4.74 Å². The molecule has 0 amide bonds. The molecule has 2 nitrogen and oxygen atoms in total. The van der Waals surface area contributed by atoms with Crippen molar-refractivity contribution in [3.05, 3.63) is 0 Å². The Hall–Kier alpha value is -0.0800.